The molecule has 1 amide bonds. The number of amides is 1. The normalized spacial score (nSPS) is 13.9. The summed E-state index contributed by atoms with van der Waals surface area (Å²) in [6, 6.07) is 9.46. The second-order valence-electron chi connectivity index (χ2n) is 8.58. The number of H-pyrrole nitrogens is 1. The first-order valence-electron chi connectivity index (χ1n) is 12.0. The van der Waals surface area contributed by atoms with Crippen molar-refractivity contribution in [3.63, 3.8) is 0 Å². The molecule has 2 aromatic heterocycles. The third-order valence-electron chi connectivity index (χ3n) is 5.71. The lowest BCUT2D eigenvalue weighted by atomic mass is 10.1. The van der Waals surface area contributed by atoms with Crippen LogP contribution < -0.4 is 20.3 Å². The summed E-state index contributed by atoms with van der Waals surface area (Å²) in [5.74, 6) is 2.34. The number of hydrogen-bond donors (Lipinski definition) is 3. The lowest BCUT2D eigenvalue weighted by Crippen LogP contribution is -2.38. The number of aliphatic imine (C=N–C) groups is 1. The summed E-state index contributed by atoms with van der Waals surface area (Å²) in [6.45, 7) is 9.67. The highest BCUT2D eigenvalue weighted by atomic mass is 32.2. The first-order valence-corrected chi connectivity index (χ1v) is 12.9. The van der Waals surface area contributed by atoms with Crippen molar-refractivity contribution in [1.82, 2.24) is 20.2 Å². The van der Waals surface area contributed by atoms with Crippen LogP contribution in [0.25, 0.3) is 0 Å². The molecule has 1 saturated heterocycles. The molecule has 1 aromatic carbocycles. The molecule has 12 heteroatoms. The van der Waals surface area contributed by atoms with Crippen molar-refractivity contribution < 1.29 is 14.3 Å². The lowest BCUT2D eigenvalue weighted by Gasteiger charge is -2.33. The van der Waals surface area contributed by atoms with Crippen molar-refractivity contribution in [1.29, 1.82) is 0 Å². The van der Waals surface area contributed by atoms with Crippen LogP contribution in [-0.2, 0) is 9.53 Å². The number of carbonyl (C=O) groups excluding carboxylic acids is 1. The summed E-state index contributed by atoms with van der Waals surface area (Å²) in [6.07, 6.45) is 1.93. The maximum Gasteiger partial charge on any atom is 0.221 e. The molecule has 0 aliphatic carbocycles. The number of nitrogens with zero attached hydrogens (tertiary/aromatic N) is 5. The number of hydrogen-bond acceptors (Lipinski definition) is 10. The van der Waals surface area contributed by atoms with E-state index < -0.39 is 0 Å². The predicted octanol–water partition coefficient (Wildman–Crippen LogP) is 4.06. The van der Waals surface area contributed by atoms with Crippen molar-refractivity contribution in [2.75, 3.05) is 48.9 Å². The maximum atomic E-state index is 11.3. The Labute approximate surface area is 220 Å². The van der Waals surface area contributed by atoms with Gasteiger partial charge in [0.25, 0.3) is 0 Å². The number of aromatic amines is 1. The quantitative estimate of drug-likeness (QED) is 0.193. The topological polar surface area (TPSA) is 130 Å². The van der Waals surface area contributed by atoms with E-state index in [1.165, 1.54) is 18.7 Å². The number of rotatable bonds is 11. The zero-order chi connectivity index (χ0) is 26.2. The van der Waals surface area contributed by atoms with Gasteiger partial charge in [-0.2, -0.15) is 5.10 Å². The number of aryl methyl sites for hydroxylation is 1. The van der Waals surface area contributed by atoms with Gasteiger partial charge in [0.1, 0.15) is 0 Å². The molecule has 0 spiro atoms. The first kappa shape index (κ1) is 26.4. The van der Waals surface area contributed by atoms with E-state index in [1.807, 2.05) is 37.3 Å². The molecule has 4 rings (SSSR count). The second-order valence-corrected chi connectivity index (χ2v) is 9.63. The molecule has 1 aliphatic rings. The van der Waals surface area contributed by atoms with E-state index in [-0.39, 0.29) is 12.0 Å². The monoisotopic (exact) mass is 524 g/mol. The van der Waals surface area contributed by atoms with Gasteiger partial charge in [0, 0.05) is 42.4 Å². The SMILES string of the molecule is C=NCCOC1CCN(c2nc(Sc3ccc(NC(C)=O)cc3)nc(Nc3cc(C)[nH]n3)c2OC)CC1. The summed E-state index contributed by atoms with van der Waals surface area (Å²) in [5, 5.41) is 13.8. The number of benzene rings is 1. The number of anilines is 4. The number of piperidine rings is 1. The van der Waals surface area contributed by atoms with Gasteiger partial charge in [-0.05, 0) is 62.5 Å². The smallest absolute Gasteiger partial charge is 0.221 e. The van der Waals surface area contributed by atoms with Crippen LogP contribution in [0.3, 0.4) is 0 Å². The first-order chi connectivity index (χ1) is 17.9. The molecule has 0 saturated carbocycles. The Hall–Kier alpha value is -3.64. The average Bonchev–Trinajstić information content (AvgIpc) is 3.29. The molecule has 196 valence electrons. The zero-order valence-electron chi connectivity index (χ0n) is 21.3. The largest absolute Gasteiger partial charge is 0.490 e. The molecule has 0 atom stereocenters. The van der Waals surface area contributed by atoms with E-state index in [0.717, 1.165) is 48.0 Å². The van der Waals surface area contributed by atoms with Crippen LogP contribution in [0.15, 0.2) is 45.4 Å². The van der Waals surface area contributed by atoms with E-state index >= 15 is 0 Å². The Morgan fingerprint density at radius 1 is 1.27 bits per heavy atom. The fourth-order valence-electron chi connectivity index (χ4n) is 3.99. The van der Waals surface area contributed by atoms with Crippen LogP contribution in [0.2, 0.25) is 0 Å². The average molecular weight is 525 g/mol. The third-order valence-corrected chi connectivity index (χ3v) is 6.58. The second kappa shape index (κ2) is 12.5. The van der Waals surface area contributed by atoms with E-state index in [1.54, 1.807) is 7.11 Å². The van der Waals surface area contributed by atoms with Gasteiger partial charge in [0.15, 0.2) is 22.6 Å². The molecule has 3 aromatic rings. The minimum absolute atomic E-state index is 0.112. The van der Waals surface area contributed by atoms with Crippen molar-refractivity contribution in [3.8, 4) is 5.75 Å². The summed E-state index contributed by atoms with van der Waals surface area (Å²) in [4.78, 5) is 28.0. The number of methoxy groups -OCH3 is 1. The van der Waals surface area contributed by atoms with Crippen LogP contribution in [0.1, 0.15) is 25.5 Å². The lowest BCUT2D eigenvalue weighted by molar-refractivity contribution is -0.114. The minimum atomic E-state index is -0.112. The van der Waals surface area contributed by atoms with Crippen molar-refractivity contribution in [2.45, 2.75) is 42.8 Å². The summed E-state index contributed by atoms with van der Waals surface area (Å²) in [7, 11) is 1.62. The van der Waals surface area contributed by atoms with Crippen molar-refractivity contribution in [2.24, 2.45) is 4.99 Å². The van der Waals surface area contributed by atoms with Crippen LogP contribution in [-0.4, -0.2) is 72.2 Å². The number of ether oxygens (including phenoxy) is 2. The van der Waals surface area contributed by atoms with Crippen LogP contribution >= 0.6 is 11.8 Å². The Morgan fingerprint density at radius 3 is 2.65 bits per heavy atom. The molecular formula is C25H32N8O3S. The molecule has 3 N–H and O–H groups in total. The number of nitrogens with one attached hydrogen (secondary N) is 3. The van der Waals surface area contributed by atoms with Gasteiger partial charge in [-0.25, -0.2) is 9.97 Å². The minimum Gasteiger partial charge on any atom is -0.490 e. The van der Waals surface area contributed by atoms with E-state index in [9.17, 15) is 4.79 Å². The Morgan fingerprint density at radius 2 is 2.03 bits per heavy atom. The van der Waals surface area contributed by atoms with Gasteiger partial charge in [0.2, 0.25) is 11.7 Å². The molecule has 0 bridgehead atoms. The zero-order valence-corrected chi connectivity index (χ0v) is 22.1. The molecule has 11 nitrogen and oxygen atoms in total. The number of carbonyl (C=O) groups is 1. The summed E-state index contributed by atoms with van der Waals surface area (Å²) >= 11 is 1.43. The Balaban J connectivity index is 1.59. The predicted molar refractivity (Wildman–Crippen MR) is 146 cm³/mol. The summed E-state index contributed by atoms with van der Waals surface area (Å²) < 4.78 is 11.7. The highest BCUT2D eigenvalue weighted by Gasteiger charge is 2.26. The fourth-order valence-corrected chi connectivity index (χ4v) is 4.74. The van der Waals surface area contributed by atoms with E-state index in [4.69, 9.17) is 19.4 Å². The van der Waals surface area contributed by atoms with Crippen LogP contribution in [0, 0.1) is 6.92 Å². The third kappa shape index (κ3) is 7.20. The van der Waals surface area contributed by atoms with Crippen LogP contribution in [0.4, 0.5) is 23.1 Å². The van der Waals surface area contributed by atoms with E-state index in [2.05, 4.69) is 37.4 Å². The van der Waals surface area contributed by atoms with Gasteiger partial charge in [0.05, 0.1) is 26.4 Å². The molecule has 3 heterocycles. The number of aromatic nitrogens is 4. The highest BCUT2D eigenvalue weighted by molar-refractivity contribution is 7.99. The maximum absolute atomic E-state index is 11.3. The van der Waals surface area contributed by atoms with E-state index in [0.29, 0.717) is 35.7 Å². The Kier molecular flexibility index (Phi) is 8.96. The molecule has 1 fully saturated rings. The molecule has 0 radical (unpaired) electrons. The van der Waals surface area contributed by atoms with Crippen molar-refractivity contribution in [3.05, 3.63) is 36.0 Å². The standard InChI is InChI=1S/C25H32N8O3S/c1-16-15-21(32-31-16)28-23-22(35-4)24(33-12-9-19(10-13-33)36-14-11-26-3)30-25(29-23)37-20-7-5-18(6-8-20)27-17(2)34/h5-8,15,19H,3,9-14H2,1-2,4H3,(H,27,34)(H2,28,29,30,31,32). The van der Waals surface area contributed by atoms with Gasteiger partial charge >= 0.3 is 0 Å². The van der Waals surface area contributed by atoms with Gasteiger partial charge in [-0.15, -0.1) is 0 Å². The Bertz CT molecular complexity index is 1210. The fraction of sp³-hybridized carbons (Fsp3) is 0.400. The van der Waals surface area contributed by atoms with Gasteiger partial charge in [-0.1, -0.05) is 0 Å². The van der Waals surface area contributed by atoms with Crippen molar-refractivity contribution >= 4 is 47.5 Å². The van der Waals surface area contributed by atoms with Crippen LogP contribution in [0.5, 0.6) is 5.75 Å². The molecule has 37 heavy (non-hydrogen) atoms. The summed E-state index contributed by atoms with van der Waals surface area (Å²) in [5.41, 5.74) is 1.66. The highest BCUT2D eigenvalue weighted by Crippen LogP contribution is 2.39. The van der Waals surface area contributed by atoms with Gasteiger partial charge in [-0.3, -0.25) is 14.9 Å². The molecule has 1 aliphatic heterocycles. The molecule has 0 unspecified atom stereocenters. The van der Waals surface area contributed by atoms with Gasteiger partial charge < -0.3 is 25.0 Å². The molecular weight excluding hydrogens is 492 g/mol.